The van der Waals surface area contributed by atoms with E-state index < -0.39 is 0 Å². The summed E-state index contributed by atoms with van der Waals surface area (Å²) in [6.45, 7) is 5.23. The summed E-state index contributed by atoms with van der Waals surface area (Å²) in [6.07, 6.45) is -0.217. The number of hydrogen-bond acceptors (Lipinski definition) is 4. The van der Waals surface area contributed by atoms with Gasteiger partial charge in [0.1, 0.15) is 0 Å². The van der Waals surface area contributed by atoms with Gasteiger partial charge in [0.15, 0.2) is 0 Å². The van der Waals surface area contributed by atoms with Gasteiger partial charge >= 0.3 is 0 Å². The Labute approximate surface area is 118 Å². The van der Waals surface area contributed by atoms with Crippen molar-refractivity contribution in [3.8, 4) is 0 Å². The molecule has 2 rings (SSSR count). The van der Waals surface area contributed by atoms with Crippen molar-refractivity contribution < 1.29 is 14.9 Å². The van der Waals surface area contributed by atoms with Crippen molar-refractivity contribution in [1.82, 2.24) is 0 Å². The van der Waals surface area contributed by atoms with Crippen LogP contribution in [-0.4, -0.2) is 41.6 Å². The monoisotopic (exact) mass is 285 g/mol. The molecule has 1 aromatic carbocycles. The van der Waals surface area contributed by atoms with Crippen LogP contribution in [0.4, 0.5) is 5.69 Å². The fourth-order valence-electron chi connectivity index (χ4n) is 2.56. The van der Waals surface area contributed by atoms with E-state index in [-0.39, 0.29) is 24.9 Å². The van der Waals surface area contributed by atoms with Crippen molar-refractivity contribution >= 4 is 17.3 Å². The average Bonchev–Trinajstić information content (AvgIpc) is 2.36. The summed E-state index contributed by atoms with van der Waals surface area (Å²) < 4.78 is 5.79. The lowest BCUT2D eigenvalue weighted by atomic mass is 10.0. The van der Waals surface area contributed by atoms with Crippen LogP contribution in [0.3, 0.4) is 0 Å². The molecule has 0 spiro atoms. The Hall–Kier alpha value is -0.810. The first-order valence-electron chi connectivity index (χ1n) is 6.38. The maximum atomic E-state index is 9.46. The lowest BCUT2D eigenvalue weighted by Gasteiger charge is -2.44. The number of nitrogens with zero attached hydrogens (tertiary/aromatic N) is 1. The van der Waals surface area contributed by atoms with Crippen LogP contribution in [0.2, 0.25) is 5.02 Å². The molecule has 1 unspecified atom stereocenters. The number of aliphatic hydroxyl groups excluding tert-OH is 2. The van der Waals surface area contributed by atoms with Crippen molar-refractivity contribution in [3.05, 3.63) is 28.8 Å². The highest BCUT2D eigenvalue weighted by Crippen LogP contribution is 2.30. The number of morpholine rings is 1. The number of ether oxygens (including phenoxy) is 1. The van der Waals surface area contributed by atoms with Gasteiger partial charge in [-0.05, 0) is 32.0 Å². The standard InChI is InChI=1S/C14H20ClNO3/c1-14(2)9-16(6-12(8-18)19-14)13-4-3-11(15)5-10(13)7-17/h3-5,12,17-18H,6-9H2,1-2H3. The van der Waals surface area contributed by atoms with Crippen molar-refractivity contribution in [2.45, 2.75) is 32.2 Å². The molecule has 0 radical (unpaired) electrons. The highest BCUT2D eigenvalue weighted by atomic mass is 35.5. The van der Waals surface area contributed by atoms with Crippen molar-refractivity contribution in [2.75, 3.05) is 24.6 Å². The summed E-state index contributed by atoms with van der Waals surface area (Å²) >= 11 is 5.95. The second kappa shape index (κ2) is 5.67. The van der Waals surface area contributed by atoms with Gasteiger partial charge < -0.3 is 19.8 Å². The predicted molar refractivity (Wildman–Crippen MR) is 75.6 cm³/mol. The smallest absolute Gasteiger partial charge is 0.0988 e. The average molecular weight is 286 g/mol. The number of halogens is 1. The third kappa shape index (κ3) is 3.39. The van der Waals surface area contributed by atoms with E-state index in [1.165, 1.54) is 0 Å². The molecule has 1 aromatic rings. The quantitative estimate of drug-likeness (QED) is 0.889. The molecule has 0 bridgehead atoms. The third-order valence-electron chi connectivity index (χ3n) is 3.24. The van der Waals surface area contributed by atoms with Crippen LogP contribution in [0.5, 0.6) is 0 Å². The Bertz CT molecular complexity index is 450. The Balaban J connectivity index is 2.30. The van der Waals surface area contributed by atoms with Crippen molar-refractivity contribution in [3.63, 3.8) is 0 Å². The summed E-state index contributed by atoms with van der Waals surface area (Å²) in [7, 11) is 0. The van der Waals surface area contributed by atoms with E-state index in [4.69, 9.17) is 16.3 Å². The van der Waals surface area contributed by atoms with E-state index in [2.05, 4.69) is 4.90 Å². The van der Waals surface area contributed by atoms with Crippen LogP contribution in [0.15, 0.2) is 18.2 Å². The minimum Gasteiger partial charge on any atom is -0.394 e. The zero-order chi connectivity index (χ0) is 14.0. The first-order chi connectivity index (χ1) is 8.95. The van der Waals surface area contributed by atoms with Crippen LogP contribution < -0.4 is 4.90 Å². The van der Waals surface area contributed by atoms with E-state index in [0.29, 0.717) is 18.1 Å². The second-order valence-corrected chi connectivity index (χ2v) is 5.93. The molecule has 0 saturated carbocycles. The van der Waals surface area contributed by atoms with Gasteiger partial charge in [-0.25, -0.2) is 0 Å². The van der Waals surface area contributed by atoms with Gasteiger partial charge in [-0.1, -0.05) is 11.6 Å². The molecule has 1 aliphatic heterocycles. The maximum absolute atomic E-state index is 9.46. The number of rotatable bonds is 3. The Kier molecular flexibility index (Phi) is 4.36. The molecule has 1 fully saturated rings. The third-order valence-corrected chi connectivity index (χ3v) is 3.47. The molecule has 0 aliphatic carbocycles. The van der Waals surface area contributed by atoms with Gasteiger partial charge in [0, 0.05) is 29.4 Å². The topological polar surface area (TPSA) is 52.9 Å². The molecule has 106 valence electrons. The zero-order valence-electron chi connectivity index (χ0n) is 11.3. The van der Waals surface area contributed by atoms with Gasteiger partial charge in [0.05, 0.1) is 24.9 Å². The summed E-state index contributed by atoms with van der Waals surface area (Å²) in [5.74, 6) is 0. The molecule has 2 N–H and O–H groups in total. The minimum atomic E-state index is -0.335. The molecule has 0 amide bonds. The van der Waals surface area contributed by atoms with Gasteiger partial charge in [0.25, 0.3) is 0 Å². The van der Waals surface area contributed by atoms with E-state index in [0.717, 1.165) is 11.3 Å². The molecule has 1 atom stereocenters. The molecular weight excluding hydrogens is 266 g/mol. The second-order valence-electron chi connectivity index (χ2n) is 5.49. The van der Waals surface area contributed by atoms with Crippen LogP contribution in [0, 0.1) is 0 Å². The van der Waals surface area contributed by atoms with E-state index in [1.54, 1.807) is 6.07 Å². The number of benzene rings is 1. The van der Waals surface area contributed by atoms with E-state index in [1.807, 2.05) is 26.0 Å². The first kappa shape index (κ1) is 14.6. The first-order valence-corrected chi connectivity index (χ1v) is 6.76. The van der Waals surface area contributed by atoms with Crippen LogP contribution in [0.1, 0.15) is 19.4 Å². The zero-order valence-corrected chi connectivity index (χ0v) is 12.0. The molecule has 1 saturated heterocycles. The highest BCUT2D eigenvalue weighted by molar-refractivity contribution is 6.30. The molecule has 5 heteroatoms. The van der Waals surface area contributed by atoms with Gasteiger partial charge in [-0.3, -0.25) is 0 Å². The lowest BCUT2D eigenvalue weighted by molar-refractivity contribution is -0.101. The van der Waals surface area contributed by atoms with Crippen molar-refractivity contribution in [2.24, 2.45) is 0 Å². The number of hydrogen-bond donors (Lipinski definition) is 2. The van der Waals surface area contributed by atoms with E-state index in [9.17, 15) is 10.2 Å². The molecular formula is C14H20ClNO3. The predicted octanol–water partition coefficient (Wildman–Crippen LogP) is 1.81. The van der Waals surface area contributed by atoms with Crippen LogP contribution in [-0.2, 0) is 11.3 Å². The Morgan fingerprint density at radius 1 is 1.42 bits per heavy atom. The SMILES string of the molecule is CC1(C)CN(c2ccc(Cl)cc2CO)CC(CO)O1. The summed E-state index contributed by atoms with van der Waals surface area (Å²) in [4.78, 5) is 2.13. The summed E-state index contributed by atoms with van der Waals surface area (Å²) in [6, 6.07) is 5.49. The van der Waals surface area contributed by atoms with Crippen molar-refractivity contribution in [1.29, 1.82) is 0 Å². The number of aliphatic hydroxyl groups is 2. The fourth-order valence-corrected chi connectivity index (χ4v) is 2.76. The lowest BCUT2D eigenvalue weighted by Crippen LogP contribution is -2.54. The molecule has 1 heterocycles. The Morgan fingerprint density at radius 2 is 2.16 bits per heavy atom. The maximum Gasteiger partial charge on any atom is 0.0988 e. The highest BCUT2D eigenvalue weighted by Gasteiger charge is 2.33. The fraction of sp³-hybridized carbons (Fsp3) is 0.571. The van der Waals surface area contributed by atoms with E-state index >= 15 is 0 Å². The normalized spacial score (nSPS) is 22.6. The summed E-state index contributed by atoms with van der Waals surface area (Å²) in [5.41, 5.74) is 1.40. The summed E-state index contributed by atoms with van der Waals surface area (Å²) in [5, 5.41) is 19.4. The van der Waals surface area contributed by atoms with Gasteiger partial charge in [-0.15, -0.1) is 0 Å². The Morgan fingerprint density at radius 3 is 2.79 bits per heavy atom. The molecule has 4 nitrogen and oxygen atoms in total. The molecule has 0 aromatic heterocycles. The van der Waals surface area contributed by atoms with Gasteiger partial charge in [0.2, 0.25) is 0 Å². The van der Waals surface area contributed by atoms with Crippen LogP contribution >= 0.6 is 11.6 Å². The van der Waals surface area contributed by atoms with Gasteiger partial charge in [-0.2, -0.15) is 0 Å². The molecule has 19 heavy (non-hydrogen) atoms. The largest absolute Gasteiger partial charge is 0.394 e. The minimum absolute atomic E-state index is 0.0119. The van der Waals surface area contributed by atoms with Crippen LogP contribution in [0.25, 0.3) is 0 Å². The number of anilines is 1. The molecule has 1 aliphatic rings.